The average molecular weight is 262 g/mol. The zero-order chi connectivity index (χ0) is 13.8. The molecule has 19 heavy (non-hydrogen) atoms. The van der Waals surface area contributed by atoms with Crippen molar-refractivity contribution in [2.24, 2.45) is 0 Å². The second-order valence-corrected chi connectivity index (χ2v) is 4.54. The van der Waals surface area contributed by atoms with Crippen molar-refractivity contribution in [1.29, 1.82) is 0 Å². The smallest absolute Gasteiger partial charge is 0.249 e. The lowest BCUT2D eigenvalue weighted by Gasteiger charge is -2.23. The van der Waals surface area contributed by atoms with Crippen LogP contribution in [0, 0.1) is 0 Å². The molecule has 1 fully saturated rings. The third-order valence-corrected chi connectivity index (χ3v) is 3.24. The molecule has 0 saturated carbocycles. The van der Waals surface area contributed by atoms with Gasteiger partial charge in [-0.05, 0) is 30.5 Å². The Morgan fingerprint density at radius 1 is 1.42 bits per heavy atom. The van der Waals surface area contributed by atoms with Crippen LogP contribution in [0.3, 0.4) is 0 Å². The first-order chi connectivity index (χ1) is 9.13. The Bertz CT molecular complexity index is 499. The van der Waals surface area contributed by atoms with Crippen LogP contribution < -0.4 is 15.4 Å². The molecule has 1 heterocycles. The highest BCUT2D eigenvalue weighted by atomic mass is 16.5. The molecule has 1 aromatic carbocycles. The van der Waals surface area contributed by atoms with Gasteiger partial charge in [0.2, 0.25) is 11.8 Å². The molecule has 2 amide bonds. The minimum absolute atomic E-state index is 0.212. The number of nitrogens with one attached hydrogen (secondary N) is 2. The number of hydrogen-bond acceptors (Lipinski definition) is 4. The number of anilines is 1. The van der Waals surface area contributed by atoms with E-state index in [2.05, 4.69) is 17.6 Å². The van der Waals surface area contributed by atoms with Crippen LogP contribution >= 0.6 is 0 Å². The second kappa shape index (κ2) is 5.73. The summed E-state index contributed by atoms with van der Waals surface area (Å²) >= 11 is 0. The van der Waals surface area contributed by atoms with E-state index in [-0.39, 0.29) is 17.9 Å². The van der Waals surface area contributed by atoms with Gasteiger partial charge < -0.3 is 10.1 Å². The zero-order valence-corrected chi connectivity index (χ0v) is 11.2. The summed E-state index contributed by atoms with van der Waals surface area (Å²) in [5, 5.41) is 5.46. The number of ether oxygens (including phenoxy) is 1. The maximum Gasteiger partial charge on any atom is 0.249 e. The fourth-order valence-electron chi connectivity index (χ4n) is 2.09. The molecule has 0 aliphatic carbocycles. The molecular formula is C14H18N2O3. The van der Waals surface area contributed by atoms with Crippen LogP contribution in [-0.4, -0.2) is 25.0 Å². The number of amides is 2. The Balaban J connectivity index is 2.14. The van der Waals surface area contributed by atoms with E-state index in [1.165, 1.54) is 5.56 Å². The van der Waals surface area contributed by atoms with Gasteiger partial charge in [-0.3, -0.25) is 14.9 Å². The van der Waals surface area contributed by atoms with Gasteiger partial charge in [0.25, 0.3) is 0 Å². The first kappa shape index (κ1) is 13.4. The Morgan fingerprint density at radius 3 is 2.84 bits per heavy atom. The van der Waals surface area contributed by atoms with Crippen LogP contribution in [0.25, 0.3) is 0 Å². The van der Waals surface area contributed by atoms with Crippen molar-refractivity contribution in [1.82, 2.24) is 5.32 Å². The van der Waals surface area contributed by atoms with Gasteiger partial charge in [0, 0.05) is 6.42 Å². The van der Waals surface area contributed by atoms with Crippen molar-refractivity contribution in [3.05, 3.63) is 23.8 Å². The van der Waals surface area contributed by atoms with Crippen molar-refractivity contribution in [3.8, 4) is 5.75 Å². The number of aryl methyl sites for hydroxylation is 1. The summed E-state index contributed by atoms with van der Waals surface area (Å²) in [4.78, 5) is 22.8. The third-order valence-electron chi connectivity index (χ3n) is 3.24. The maximum absolute atomic E-state index is 11.7. The van der Waals surface area contributed by atoms with Crippen LogP contribution in [-0.2, 0) is 16.0 Å². The van der Waals surface area contributed by atoms with E-state index >= 15 is 0 Å². The summed E-state index contributed by atoms with van der Waals surface area (Å²) in [6, 6.07) is 5.46. The Morgan fingerprint density at radius 2 is 2.21 bits per heavy atom. The normalized spacial score (nSPS) is 18.9. The number of piperidine rings is 1. The fraction of sp³-hybridized carbons (Fsp3) is 0.429. The predicted octanol–water partition coefficient (Wildman–Crippen LogP) is 1.47. The highest BCUT2D eigenvalue weighted by molar-refractivity contribution is 6.01. The largest absolute Gasteiger partial charge is 0.495 e. The van der Waals surface area contributed by atoms with E-state index < -0.39 is 0 Å². The van der Waals surface area contributed by atoms with Crippen molar-refractivity contribution < 1.29 is 14.3 Å². The first-order valence-corrected chi connectivity index (χ1v) is 6.41. The number of imide groups is 1. The van der Waals surface area contributed by atoms with E-state index in [1.54, 1.807) is 7.11 Å². The lowest BCUT2D eigenvalue weighted by molar-refractivity contribution is -0.133. The Hall–Kier alpha value is -2.04. The second-order valence-electron chi connectivity index (χ2n) is 4.54. The molecule has 0 spiro atoms. The number of methoxy groups -OCH3 is 1. The molecule has 5 heteroatoms. The van der Waals surface area contributed by atoms with Gasteiger partial charge in [-0.2, -0.15) is 0 Å². The summed E-state index contributed by atoms with van der Waals surface area (Å²) in [5.41, 5.74) is 1.94. The molecular weight excluding hydrogens is 244 g/mol. The Kier molecular flexibility index (Phi) is 4.04. The lowest BCUT2D eigenvalue weighted by Crippen LogP contribution is -2.47. The number of carbonyl (C=O) groups is 2. The molecule has 1 aliphatic rings. The molecule has 1 aromatic rings. The summed E-state index contributed by atoms with van der Waals surface area (Å²) in [6.07, 6.45) is 1.79. The molecule has 1 unspecified atom stereocenters. The summed E-state index contributed by atoms with van der Waals surface area (Å²) in [5.74, 6) is 0.221. The van der Waals surface area contributed by atoms with Gasteiger partial charge in [0.15, 0.2) is 0 Å². The minimum atomic E-state index is -0.390. The van der Waals surface area contributed by atoms with Gasteiger partial charge in [-0.25, -0.2) is 0 Å². The lowest BCUT2D eigenvalue weighted by atomic mass is 10.1. The highest BCUT2D eigenvalue weighted by Crippen LogP contribution is 2.27. The number of hydrogen-bond donors (Lipinski definition) is 2. The van der Waals surface area contributed by atoms with Crippen LogP contribution in [0.2, 0.25) is 0 Å². The van der Waals surface area contributed by atoms with Gasteiger partial charge >= 0.3 is 0 Å². The van der Waals surface area contributed by atoms with Crippen molar-refractivity contribution in [2.75, 3.05) is 12.4 Å². The zero-order valence-electron chi connectivity index (χ0n) is 11.2. The van der Waals surface area contributed by atoms with Crippen molar-refractivity contribution in [2.45, 2.75) is 32.2 Å². The first-order valence-electron chi connectivity index (χ1n) is 6.41. The maximum atomic E-state index is 11.7. The molecule has 0 bridgehead atoms. The highest BCUT2D eigenvalue weighted by Gasteiger charge is 2.26. The molecule has 1 saturated heterocycles. The molecule has 1 atom stereocenters. The predicted molar refractivity (Wildman–Crippen MR) is 72.2 cm³/mol. The fourth-order valence-corrected chi connectivity index (χ4v) is 2.09. The van der Waals surface area contributed by atoms with E-state index in [0.29, 0.717) is 18.6 Å². The van der Waals surface area contributed by atoms with Gasteiger partial charge in [-0.15, -0.1) is 0 Å². The van der Waals surface area contributed by atoms with Crippen LogP contribution in [0.5, 0.6) is 5.75 Å². The average Bonchev–Trinajstić information content (AvgIpc) is 2.42. The molecule has 5 nitrogen and oxygen atoms in total. The standard InChI is InChI=1S/C14H18N2O3/c1-3-9-4-5-10(12(8-9)19-2)15-11-6-7-13(17)16-14(11)18/h4-5,8,11,15H,3,6-7H2,1-2H3,(H,16,17,18). The number of benzene rings is 1. The van der Waals surface area contributed by atoms with Crippen LogP contribution in [0.1, 0.15) is 25.3 Å². The topological polar surface area (TPSA) is 67.4 Å². The van der Waals surface area contributed by atoms with Crippen molar-refractivity contribution in [3.63, 3.8) is 0 Å². The van der Waals surface area contributed by atoms with E-state index in [4.69, 9.17) is 4.74 Å². The van der Waals surface area contributed by atoms with E-state index in [9.17, 15) is 9.59 Å². The Labute approximate surface area is 112 Å². The van der Waals surface area contributed by atoms with Gasteiger partial charge in [0.1, 0.15) is 11.8 Å². The third kappa shape index (κ3) is 3.05. The van der Waals surface area contributed by atoms with Crippen molar-refractivity contribution >= 4 is 17.5 Å². The number of carbonyl (C=O) groups excluding carboxylic acids is 2. The van der Waals surface area contributed by atoms with Gasteiger partial charge in [-0.1, -0.05) is 13.0 Å². The molecule has 2 rings (SSSR count). The summed E-state index contributed by atoms with van der Waals surface area (Å²) < 4.78 is 5.32. The summed E-state index contributed by atoms with van der Waals surface area (Å²) in [7, 11) is 1.60. The monoisotopic (exact) mass is 262 g/mol. The van der Waals surface area contributed by atoms with E-state index in [1.807, 2.05) is 18.2 Å². The van der Waals surface area contributed by atoms with E-state index in [0.717, 1.165) is 12.1 Å². The SMILES string of the molecule is CCc1ccc(NC2CCC(=O)NC2=O)c(OC)c1. The molecule has 0 aromatic heterocycles. The van der Waals surface area contributed by atoms with Gasteiger partial charge in [0.05, 0.1) is 12.8 Å². The van der Waals surface area contributed by atoms with Crippen LogP contribution in [0.4, 0.5) is 5.69 Å². The molecule has 1 aliphatic heterocycles. The molecule has 0 radical (unpaired) electrons. The molecule has 102 valence electrons. The number of rotatable bonds is 4. The molecule has 2 N–H and O–H groups in total. The summed E-state index contributed by atoms with van der Waals surface area (Å²) in [6.45, 7) is 2.07. The quantitative estimate of drug-likeness (QED) is 0.806. The van der Waals surface area contributed by atoms with Crippen LogP contribution in [0.15, 0.2) is 18.2 Å². The minimum Gasteiger partial charge on any atom is -0.495 e.